The lowest BCUT2D eigenvalue weighted by atomic mass is 10.2. The molecule has 0 radical (unpaired) electrons. The summed E-state index contributed by atoms with van der Waals surface area (Å²) in [7, 11) is 0. The molecule has 1 aliphatic carbocycles. The van der Waals surface area contributed by atoms with Gasteiger partial charge in [-0.1, -0.05) is 23.7 Å². The van der Waals surface area contributed by atoms with Gasteiger partial charge in [0.25, 0.3) is 0 Å². The minimum absolute atomic E-state index is 0.0871. The zero-order valence-electron chi connectivity index (χ0n) is 20.7. The molecule has 2 aromatic carbocycles. The number of fused-ring (bicyclic) bond motifs is 2. The van der Waals surface area contributed by atoms with Crippen LogP contribution in [0, 0.1) is 17.7 Å². The maximum atomic E-state index is 14.9. The van der Waals surface area contributed by atoms with E-state index < -0.39 is 5.60 Å². The molecule has 1 saturated carbocycles. The third kappa shape index (κ3) is 4.37. The molecule has 2 fully saturated rings. The van der Waals surface area contributed by atoms with Gasteiger partial charge in [0.1, 0.15) is 23.6 Å². The standard InChI is InChI=1S/C27H26ClFN6O2/c1-27(2,3)37-26(36)33-21-18-12-34(13-19(18)21)24-22-25(31-14-30-24)35(16-10-8-15(28)9-11-16)23(32-22)17-6-4-5-7-20(17)29/h4-11,14,18-19,21H,12-13H2,1-3H3,(H,33,36)/t18-,19+,21+. The van der Waals surface area contributed by atoms with E-state index in [4.69, 9.17) is 21.3 Å². The highest BCUT2D eigenvalue weighted by atomic mass is 35.5. The Balaban J connectivity index is 1.34. The van der Waals surface area contributed by atoms with Gasteiger partial charge in [-0.25, -0.2) is 24.1 Å². The number of aromatic nitrogens is 4. The summed E-state index contributed by atoms with van der Waals surface area (Å²) in [5.41, 5.74) is 1.77. The van der Waals surface area contributed by atoms with Crippen molar-refractivity contribution in [1.29, 1.82) is 0 Å². The number of hydrogen-bond donors (Lipinski definition) is 1. The van der Waals surface area contributed by atoms with Crippen molar-refractivity contribution < 1.29 is 13.9 Å². The number of carbonyl (C=O) groups is 1. The first-order chi connectivity index (χ1) is 17.7. The number of imidazole rings is 1. The number of hydrogen-bond acceptors (Lipinski definition) is 6. The predicted molar refractivity (Wildman–Crippen MR) is 139 cm³/mol. The molecule has 190 valence electrons. The van der Waals surface area contributed by atoms with Gasteiger partial charge in [-0.3, -0.25) is 4.57 Å². The molecule has 37 heavy (non-hydrogen) atoms. The van der Waals surface area contributed by atoms with Crippen molar-refractivity contribution in [1.82, 2.24) is 24.8 Å². The van der Waals surface area contributed by atoms with Crippen molar-refractivity contribution >= 4 is 34.7 Å². The molecule has 0 unspecified atom stereocenters. The van der Waals surface area contributed by atoms with Crippen molar-refractivity contribution in [3.05, 3.63) is 65.7 Å². The van der Waals surface area contributed by atoms with E-state index in [-0.39, 0.29) is 18.0 Å². The molecule has 4 aromatic rings. The fraction of sp³-hybridized carbons (Fsp3) is 0.333. The first kappa shape index (κ1) is 23.7. The van der Waals surface area contributed by atoms with Crippen molar-refractivity contribution in [2.45, 2.75) is 32.4 Å². The summed E-state index contributed by atoms with van der Waals surface area (Å²) >= 11 is 6.13. The smallest absolute Gasteiger partial charge is 0.407 e. The zero-order chi connectivity index (χ0) is 25.9. The number of nitrogens with zero attached hydrogens (tertiary/aromatic N) is 5. The Morgan fingerprint density at radius 1 is 1.08 bits per heavy atom. The van der Waals surface area contributed by atoms with Gasteiger partial charge in [-0.15, -0.1) is 0 Å². The average Bonchev–Trinajstić information content (AvgIpc) is 3.18. The van der Waals surface area contributed by atoms with Crippen molar-refractivity contribution in [2.24, 2.45) is 11.8 Å². The highest BCUT2D eigenvalue weighted by Gasteiger charge is 2.57. The van der Waals surface area contributed by atoms with Crippen LogP contribution in [-0.2, 0) is 4.74 Å². The number of nitrogens with one attached hydrogen (secondary N) is 1. The van der Waals surface area contributed by atoms with Crippen LogP contribution >= 0.6 is 11.6 Å². The quantitative estimate of drug-likeness (QED) is 0.396. The van der Waals surface area contributed by atoms with E-state index >= 15 is 0 Å². The van der Waals surface area contributed by atoms with Gasteiger partial charge in [-0.2, -0.15) is 0 Å². The van der Waals surface area contributed by atoms with Gasteiger partial charge in [0.15, 0.2) is 17.0 Å². The molecule has 3 atom stereocenters. The largest absolute Gasteiger partial charge is 0.444 e. The summed E-state index contributed by atoms with van der Waals surface area (Å²) in [5.74, 6) is 1.37. The summed E-state index contributed by atoms with van der Waals surface area (Å²) < 4.78 is 22.1. The number of carbonyl (C=O) groups excluding carboxylic acids is 1. The molecule has 10 heteroatoms. The molecular weight excluding hydrogens is 495 g/mol. The van der Waals surface area contributed by atoms with E-state index in [0.29, 0.717) is 45.2 Å². The van der Waals surface area contributed by atoms with E-state index in [0.717, 1.165) is 18.8 Å². The van der Waals surface area contributed by atoms with Gasteiger partial charge in [0, 0.05) is 41.7 Å². The summed E-state index contributed by atoms with van der Waals surface area (Å²) in [5, 5.41) is 3.59. The highest BCUT2D eigenvalue weighted by molar-refractivity contribution is 6.30. The molecule has 1 amide bonds. The number of alkyl carbamates (subject to hydrolysis) is 1. The summed E-state index contributed by atoms with van der Waals surface area (Å²) in [6, 6.07) is 13.9. The first-order valence-corrected chi connectivity index (χ1v) is 12.6. The van der Waals surface area contributed by atoms with E-state index in [1.54, 1.807) is 30.3 Å². The number of halogens is 2. The molecule has 2 aliphatic rings. The molecule has 6 rings (SSSR count). The molecular formula is C27H26ClFN6O2. The van der Waals surface area contributed by atoms with Crippen molar-refractivity contribution in [3.63, 3.8) is 0 Å². The van der Waals surface area contributed by atoms with E-state index in [9.17, 15) is 9.18 Å². The van der Waals surface area contributed by atoms with Crippen LogP contribution in [-0.4, -0.2) is 50.3 Å². The normalized spacial score (nSPS) is 20.7. The van der Waals surface area contributed by atoms with Crippen LogP contribution in [0.15, 0.2) is 54.9 Å². The third-order valence-corrected chi connectivity index (χ3v) is 7.05. The highest BCUT2D eigenvalue weighted by Crippen LogP contribution is 2.47. The van der Waals surface area contributed by atoms with Crippen LogP contribution in [0.5, 0.6) is 0 Å². The minimum atomic E-state index is -0.536. The molecule has 1 saturated heterocycles. The van der Waals surface area contributed by atoms with Crippen LogP contribution in [0.4, 0.5) is 15.0 Å². The second-order valence-electron chi connectivity index (χ2n) is 10.5. The van der Waals surface area contributed by atoms with Crippen molar-refractivity contribution in [2.75, 3.05) is 18.0 Å². The molecule has 2 aromatic heterocycles. The molecule has 1 aliphatic heterocycles. The van der Waals surface area contributed by atoms with E-state index in [1.165, 1.54) is 12.4 Å². The topological polar surface area (TPSA) is 85.2 Å². The van der Waals surface area contributed by atoms with Crippen LogP contribution in [0.1, 0.15) is 20.8 Å². The zero-order valence-corrected chi connectivity index (χ0v) is 21.4. The lowest BCUT2D eigenvalue weighted by molar-refractivity contribution is 0.0518. The Morgan fingerprint density at radius 3 is 2.46 bits per heavy atom. The number of piperidine rings is 1. The Hall–Kier alpha value is -3.72. The number of rotatable bonds is 4. The molecule has 1 N–H and O–H groups in total. The van der Waals surface area contributed by atoms with Crippen molar-refractivity contribution in [3.8, 4) is 17.1 Å². The van der Waals surface area contributed by atoms with Gasteiger partial charge in [0.05, 0.1) is 5.56 Å². The average molecular weight is 521 g/mol. The maximum Gasteiger partial charge on any atom is 0.407 e. The summed E-state index contributed by atoms with van der Waals surface area (Å²) in [6.07, 6.45) is 1.12. The molecule has 3 heterocycles. The van der Waals surface area contributed by atoms with Crippen LogP contribution in [0.3, 0.4) is 0 Å². The van der Waals surface area contributed by atoms with Crippen LogP contribution in [0.2, 0.25) is 5.02 Å². The maximum absolute atomic E-state index is 14.9. The monoisotopic (exact) mass is 520 g/mol. The fourth-order valence-corrected chi connectivity index (χ4v) is 5.25. The summed E-state index contributed by atoms with van der Waals surface area (Å²) in [4.78, 5) is 28.3. The van der Waals surface area contributed by atoms with E-state index in [2.05, 4.69) is 20.2 Å². The molecule has 0 bridgehead atoms. The summed E-state index contributed by atoms with van der Waals surface area (Å²) in [6.45, 7) is 6.99. The first-order valence-electron chi connectivity index (χ1n) is 12.2. The van der Waals surface area contributed by atoms with Crippen LogP contribution in [0.25, 0.3) is 28.2 Å². The Labute approximate surface area is 218 Å². The van der Waals surface area contributed by atoms with Gasteiger partial charge in [-0.05, 0) is 57.2 Å². The Bertz CT molecular complexity index is 1490. The van der Waals surface area contributed by atoms with Gasteiger partial charge < -0.3 is 15.0 Å². The molecule has 8 nitrogen and oxygen atoms in total. The van der Waals surface area contributed by atoms with E-state index in [1.807, 2.05) is 37.5 Å². The predicted octanol–water partition coefficient (Wildman–Crippen LogP) is 5.23. The van der Waals surface area contributed by atoms with Gasteiger partial charge >= 0.3 is 6.09 Å². The number of amides is 1. The van der Waals surface area contributed by atoms with Crippen LogP contribution < -0.4 is 10.2 Å². The second-order valence-corrected chi connectivity index (χ2v) is 10.9. The minimum Gasteiger partial charge on any atom is -0.444 e. The lowest BCUT2D eigenvalue weighted by Crippen LogP contribution is -2.38. The fourth-order valence-electron chi connectivity index (χ4n) is 5.13. The SMILES string of the molecule is CC(C)(C)OC(=O)N[C@H]1[C@@H]2CN(c3ncnc4c3nc(-c3ccccc3F)n4-c3ccc(Cl)cc3)C[C@@H]21. The number of anilines is 1. The number of ether oxygens (including phenoxy) is 1. The molecule has 0 spiro atoms. The lowest BCUT2D eigenvalue weighted by Gasteiger charge is -2.23. The third-order valence-electron chi connectivity index (χ3n) is 6.80. The number of benzene rings is 2. The Morgan fingerprint density at radius 2 is 1.78 bits per heavy atom. The van der Waals surface area contributed by atoms with Gasteiger partial charge in [0.2, 0.25) is 0 Å². The Kier molecular flexibility index (Phi) is 5.56. The second kappa shape index (κ2) is 8.69.